The Hall–Kier alpha value is -1.39. The maximum Gasteiger partial charge on any atom is 0.371 e. The summed E-state index contributed by atoms with van der Waals surface area (Å²) in [4.78, 5) is 25.7. The average molecular weight is 184 g/mol. The van der Waals surface area contributed by atoms with Crippen LogP contribution in [0.3, 0.4) is 0 Å². The molecule has 0 saturated carbocycles. The number of aliphatic imine (C=N–C) groups is 1. The fourth-order valence-corrected chi connectivity index (χ4v) is 1.04. The first-order valence-corrected chi connectivity index (χ1v) is 4.02. The fourth-order valence-electron chi connectivity index (χ4n) is 1.04. The maximum atomic E-state index is 11.4. The van der Waals surface area contributed by atoms with Crippen LogP contribution in [0.5, 0.6) is 0 Å². The molecule has 0 aliphatic carbocycles. The van der Waals surface area contributed by atoms with Gasteiger partial charge in [0.1, 0.15) is 5.54 Å². The predicted octanol–water partition coefficient (Wildman–Crippen LogP) is 0.0140. The lowest BCUT2D eigenvalue weighted by Gasteiger charge is -2.21. The van der Waals surface area contributed by atoms with Crippen LogP contribution in [0, 0.1) is 5.92 Å². The molecule has 1 heterocycles. The van der Waals surface area contributed by atoms with E-state index in [1.54, 1.807) is 6.92 Å². The Kier molecular flexibility index (Phi) is 2.11. The number of nitrogens with zero attached hydrogens (tertiary/aromatic N) is 1. The molecule has 0 aromatic rings. The summed E-state index contributed by atoms with van der Waals surface area (Å²) in [6, 6.07) is 0. The summed E-state index contributed by atoms with van der Waals surface area (Å²) >= 11 is 0. The van der Waals surface area contributed by atoms with Crippen molar-refractivity contribution in [3.63, 3.8) is 0 Å². The zero-order valence-electron chi connectivity index (χ0n) is 7.79. The number of carbonyl (C=O) groups is 2. The van der Waals surface area contributed by atoms with Crippen molar-refractivity contribution >= 4 is 17.7 Å². The van der Waals surface area contributed by atoms with Crippen LogP contribution < -0.4 is 5.32 Å². The first kappa shape index (κ1) is 9.70. The highest BCUT2D eigenvalue weighted by Crippen LogP contribution is 2.25. The third-order valence-corrected chi connectivity index (χ3v) is 2.36. The smallest absolute Gasteiger partial charge is 0.371 e. The summed E-state index contributed by atoms with van der Waals surface area (Å²) < 4.78 is 0. The summed E-state index contributed by atoms with van der Waals surface area (Å²) in [5.74, 6) is -1.83. The van der Waals surface area contributed by atoms with Crippen LogP contribution in [0.25, 0.3) is 0 Å². The van der Waals surface area contributed by atoms with Gasteiger partial charge >= 0.3 is 5.97 Å². The number of carboxylic acid groups (broad SMARTS) is 1. The molecule has 0 saturated heterocycles. The minimum absolute atomic E-state index is 0.0238. The van der Waals surface area contributed by atoms with E-state index >= 15 is 0 Å². The van der Waals surface area contributed by atoms with E-state index in [2.05, 4.69) is 10.3 Å². The van der Waals surface area contributed by atoms with E-state index in [4.69, 9.17) is 5.11 Å². The molecule has 5 nitrogen and oxygen atoms in total. The van der Waals surface area contributed by atoms with Crippen LogP contribution >= 0.6 is 0 Å². The van der Waals surface area contributed by atoms with Crippen LogP contribution in [0.2, 0.25) is 0 Å². The molecule has 0 spiro atoms. The number of rotatable bonds is 2. The van der Waals surface area contributed by atoms with Crippen molar-refractivity contribution in [3.05, 3.63) is 0 Å². The number of amides is 1. The Morgan fingerprint density at radius 3 is 2.38 bits per heavy atom. The van der Waals surface area contributed by atoms with Gasteiger partial charge in [-0.05, 0) is 12.8 Å². The Morgan fingerprint density at radius 1 is 1.62 bits per heavy atom. The molecule has 1 amide bonds. The molecule has 0 radical (unpaired) electrons. The van der Waals surface area contributed by atoms with Gasteiger partial charge in [-0.2, -0.15) is 0 Å². The second kappa shape index (κ2) is 2.83. The first-order valence-electron chi connectivity index (χ1n) is 4.02. The molecule has 5 heteroatoms. The van der Waals surface area contributed by atoms with Crippen molar-refractivity contribution in [2.75, 3.05) is 0 Å². The number of hydrogen-bond acceptors (Lipinski definition) is 3. The van der Waals surface area contributed by atoms with Gasteiger partial charge in [-0.25, -0.2) is 9.79 Å². The molecule has 72 valence electrons. The first-order chi connectivity index (χ1) is 5.88. The van der Waals surface area contributed by atoms with Crippen LogP contribution in [-0.4, -0.2) is 28.4 Å². The summed E-state index contributed by atoms with van der Waals surface area (Å²) in [6.45, 7) is 5.28. The number of aliphatic carboxylic acids is 1. The monoisotopic (exact) mass is 184 g/mol. The molecular weight excluding hydrogens is 172 g/mol. The third kappa shape index (κ3) is 1.41. The number of carbonyl (C=O) groups excluding carboxylic acids is 1. The number of nitrogens with one attached hydrogen (secondary N) is 1. The zero-order chi connectivity index (χ0) is 10.2. The number of amidine groups is 1. The van der Waals surface area contributed by atoms with Gasteiger partial charge in [0.05, 0.1) is 0 Å². The molecule has 2 N–H and O–H groups in total. The van der Waals surface area contributed by atoms with Gasteiger partial charge in [-0.1, -0.05) is 13.8 Å². The van der Waals surface area contributed by atoms with Gasteiger partial charge in [-0.3, -0.25) is 4.79 Å². The maximum absolute atomic E-state index is 11.4. The van der Waals surface area contributed by atoms with Crippen LogP contribution in [0.1, 0.15) is 20.8 Å². The lowest BCUT2D eigenvalue weighted by Crippen LogP contribution is -2.41. The largest absolute Gasteiger partial charge is 0.475 e. The summed E-state index contributed by atoms with van der Waals surface area (Å²) in [6.07, 6.45) is 0. The van der Waals surface area contributed by atoms with E-state index in [1.165, 1.54) is 0 Å². The molecular formula is C8H12N2O3. The normalized spacial score (nSPS) is 27.4. The molecule has 0 aromatic carbocycles. The third-order valence-electron chi connectivity index (χ3n) is 2.36. The SMILES string of the molecule is CC(C)C1(C)N=C(C(=O)O)NC1=O. The lowest BCUT2D eigenvalue weighted by atomic mass is 9.89. The van der Waals surface area contributed by atoms with Gasteiger partial charge in [0.15, 0.2) is 0 Å². The van der Waals surface area contributed by atoms with E-state index in [0.29, 0.717) is 0 Å². The van der Waals surface area contributed by atoms with Crippen molar-refractivity contribution in [2.24, 2.45) is 10.9 Å². The zero-order valence-corrected chi connectivity index (χ0v) is 7.79. The highest BCUT2D eigenvalue weighted by atomic mass is 16.4. The molecule has 0 aromatic heterocycles. The second-order valence-corrected chi connectivity index (χ2v) is 3.52. The highest BCUT2D eigenvalue weighted by molar-refractivity contribution is 6.40. The van der Waals surface area contributed by atoms with Crippen molar-refractivity contribution in [1.29, 1.82) is 0 Å². The summed E-state index contributed by atoms with van der Waals surface area (Å²) in [5.41, 5.74) is -0.937. The highest BCUT2D eigenvalue weighted by Gasteiger charge is 2.43. The van der Waals surface area contributed by atoms with Gasteiger partial charge < -0.3 is 10.4 Å². The van der Waals surface area contributed by atoms with Gasteiger partial charge in [0, 0.05) is 0 Å². The van der Waals surface area contributed by atoms with Crippen molar-refractivity contribution in [2.45, 2.75) is 26.3 Å². The van der Waals surface area contributed by atoms with Crippen LogP contribution in [-0.2, 0) is 9.59 Å². The van der Waals surface area contributed by atoms with Crippen molar-refractivity contribution in [3.8, 4) is 0 Å². The van der Waals surface area contributed by atoms with Gasteiger partial charge in [-0.15, -0.1) is 0 Å². The van der Waals surface area contributed by atoms with E-state index in [1.807, 2.05) is 13.8 Å². The van der Waals surface area contributed by atoms with Gasteiger partial charge in [0.25, 0.3) is 5.91 Å². The van der Waals surface area contributed by atoms with E-state index in [0.717, 1.165) is 0 Å². The molecule has 1 rings (SSSR count). The Morgan fingerprint density at radius 2 is 2.15 bits per heavy atom. The number of carboxylic acids is 1. The molecule has 1 atom stereocenters. The summed E-state index contributed by atoms with van der Waals surface area (Å²) in [7, 11) is 0. The summed E-state index contributed by atoms with van der Waals surface area (Å²) in [5, 5.41) is 10.8. The minimum atomic E-state index is -1.20. The van der Waals surface area contributed by atoms with E-state index in [9.17, 15) is 9.59 Å². The van der Waals surface area contributed by atoms with E-state index < -0.39 is 11.5 Å². The molecule has 1 aliphatic heterocycles. The Labute approximate surface area is 75.9 Å². The molecule has 13 heavy (non-hydrogen) atoms. The van der Waals surface area contributed by atoms with Crippen LogP contribution in [0.4, 0.5) is 0 Å². The lowest BCUT2D eigenvalue weighted by molar-refractivity contribution is -0.130. The topological polar surface area (TPSA) is 78.8 Å². The van der Waals surface area contributed by atoms with Gasteiger partial charge in [0.2, 0.25) is 5.84 Å². The quantitative estimate of drug-likeness (QED) is 0.634. The number of hydrogen-bond donors (Lipinski definition) is 2. The Bertz CT molecular complexity index is 296. The molecule has 1 aliphatic rings. The van der Waals surface area contributed by atoms with Crippen molar-refractivity contribution < 1.29 is 14.7 Å². The minimum Gasteiger partial charge on any atom is -0.475 e. The predicted molar refractivity (Wildman–Crippen MR) is 46.5 cm³/mol. The van der Waals surface area contributed by atoms with E-state index in [-0.39, 0.29) is 17.7 Å². The second-order valence-electron chi connectivity index (χ2n) is 3.52. The average Bonchev–Trinajstić information content (AvgIpc) is 2.30. The standard InChI is InChI=1S/C8H12N2O3/c1-4(2)8(3)7(13)9-5(10-8)6(11)12/h4H,1-3H3,(H,11,12)(H,9,10,13). The molecule has 0 bridgehead atoms. The molecule has 0 fully saturated rings. The van der Waals surface area contributed by atoms with Crippen LogP contribution in [0.15, 0.2) is 4.99 Å². The van der Waals surface area contributed by atoms with Crippen molar-refractivity contribution in [1.82, 2.24) is 5.32 Å². The molecule has 1 unspecified atom stereocenters. The fraction of sp³-hybridized carbons (Fsp3) is 0.625. The Balaban J connectivity index is 3.02.